The van der Waals surface area contributed by atoms with E-state index in [1.54, 1.807) is 7.11 Å². The van der Waals surface area contributed by atoms with Crippen molar-refractivity contribution in [2.75, 3.05) is 14.2 Å². The van der Waals surface area contributed by atoms with Crippen LogP contribution in [0.2, 0.25) is 0 Å². The number of hydrogen-bond acceptors (Lipinski definition) is 4. The molecule has 4 heteroatoms. The largest absolute Gasteiger partial charge is 0.496 e. The number of aryl methyl sites for hydroxylation is 1. The van der Waals surface area contributed by atoms with Gasteiger partial charge in [0.1, 0.15) is 18.1 Å². The van der Waals surface area contributed by atoms with Crippen LogP contribution in [0.5, 0.6) is 11.5 Å². The normalized spacial score (nSPS) is 10.4. The Morgan fingerprint density at radius 3 is 2.39 bits per heavy atom. The van der Waals surface area contributed by atoms with Crippen molar-refractivity contribution >= 4 is 5.97 Å². The Hall–Kier alpha value is -3.27. The van der Waals surface area contributed by atoms with Crippen molar-refractivity contribution in [2.45, 2.75) is 19.4 Å². The van der Waals surface area contributed by atoms with E-state index in [0.29, 0.717) is 19.4 Å². The van der Waals surface area contributed by atoms with Gasteiger partial charge in [0, 0.05) is 12.0 Å². The van der Waals surface area contributed by atoms with Crippen LogP contribution < -0.4 is 9.47 Å². The van der Waals surface area contributed by atoms with Gasteiger partial charge in [-0.05, 0) is 47.4 Å². The van der Waals surface area contributed by atoms with Gasteiger partial charge in [0.05, 0.1) is 14.2 Å². The Balaban J connectivity index is 1.63. The predicted octanol–water partition coefficient (Wildman–Crippen LogP) is 5.05. The quantitative estimate of drug-likeness (QED) is 0.516. The zero-order valence-electron chi connectivity index (χ0n) is 16.2. The standard InChI is InChI=1S/C24H24O4/c1-26-23-9-4-3-8-22(23)20-7-5-6-19(16-20)17-28-21-13-10-18(11-14-21)12-15-24(25)27-2/h3-11,13-14,16H,12,15,17H2,1-2H3. The number of benzene rings is 3. The van der Waals surface area contributed by atoms with Gasteiger partial charge in [-0.3, -0.25) is 4.79 Å². The van der Waals surface area contributed by atoms with Crippen LogP contribution in [0.3, 0.4) is 0 Å². The van der Waals surface area contributed by atoms with Crippen LogP contribution >= 0.6 is 0 Å². The van der Waals surface area contributed by atoms with E-state index >= 15 is 0 Å². The Labute approximate surface area is 165 Å². The molecule has 28 heavy (non-hydrogen) atoms. The molecule has 0 bridgehead atoms. The zero-order chi connectivity index (χ0) is 19.8. The first kappa shape index (κ1) is 19.5. The second-order valence-electron chi connectivity index (χ2n) is 6.41. The van der Waals surface area contributed by atoms with Crippen LogP contribution in [0, 0.1) is 0 Å². The summed E-state index contributed by atoms with van der Waals surface area (Å²) in [6.45, 7) is 0.477. The van der Waals surface area contributed by atoms with Gasteiger partial charge in [-0.2, -0.15) is 0 Å². The molecule has 0 heterocycles. The molecule has 0 aliphatic carbocycles. The van der Waals surface area contributed by atoms with E-state index in [9.17, 15) is 4.79 Å². The maximum absolute atomic E-state index is 11.2. The van der Waals surface area contributed by atoms with Crippen molar-refractivity contribution in [3.63, 3.8) is 0 Å². The highest BCUT2D eigenvalue weighted by atomic mass is 16.5. The summed E-state index contributed by atoms with van der Waals surface area (Å²) in [5.74, 6) is 1.45. The SMILES string of the molecule is COC(=O)CCc1ccc(OCc2cccc(-c3ccccc3OC)c2)cc1. The number of esters is 1. The topological polar surface area (TPSA) is 44.8 Å². The maximum atomic E-state index is 11.2. The summed E-state index contributed by atoms with van der Waals surface area (Å²) in [6.07, 6.45) is 1.04. The highest BCUT2D eigenvalue weighted by Gasteiger charge is 2.06. The molecule has 4 nitrogen and oxygen atoms in total. The molecule has 0 saturated carbocycles. The van der Waals surface area contributed by atoms with Crippen molar-refractivity contribution in [1.82, 2.24) is 0 Å². The highest BCUT2D eigenvalue weighted by Crippen LogP contribution is 2.30. The fourth-order valence-electron chi connectivity index (χ4n) is 2.98. The molecule has 0 aliphatic heterocycles. The molecule has 0 radical (unpaired) electrons. The van der Waals surface area contributed by atoms with Gasteiger partial charge in [0.15, 0.2) is 0 Å². The lowest BCUT2D eigenvalue weighted by Gasteiger charge is -2.11. The Bertz CT molecular complexity index is 916. The highest BCUT2D eigenvalue weighted by molar-refractivity contribution is 5.71. The molecular formula is C24H24O4. The minimum Gasteiger partial charge on any atom is -0.496 e. The fourth-order valence-corrected chi connectivity index (χ4v) is 2.98. The summed E-state index contributed by atoms with van der Waals surface area (Å²) in [5, 5.41) is 0. The summed E-state index contributed by atoms with van der Waals surface area (Å²) in [5.41, 5.74) is 4.31. The van der Waals surface area contributed by atoms with Crippen LogP contribution in [-0.4, -0.2) is 20.2 Å². The molecule has 3 aromatic carbocycles. The van der Waals surface area contributed by atoms with Crippen LogP contribution in [0.25, 0.3) is 11.1 Å². The summed E-state index contributed by atoms with van der Waals surface area (Å²) < 4.78 is 16.0. The summed E-state index contributed by atoms with van der Waals surface area (Å²) in [6, 6.07) is 24.0. The van der Waals surface area contributed by atoms with Crippen LogP contribution in [0.4, 0.5) is 0 Å². The smallest absolute Gasteiger partial charge is 0.305 e. The Morgan fingerprint density at radius 2 is 1.64 bits per heavy atom. The van der Waals surface area contributed by atoms with Crippen LogP contribution in [0.1, 0.15) is 17.5 Å². The lowest BCUT2D eigenvalue weighted by molar-refractivity contribution is -0.140. The minimum atomic E-state index is -0.199. The molecular weight excluding hydrogens is 352 g/mol. The van der Waals surface area contributed by atoms with Crippen molar-refractivity contribution in [2.24, 2.45) is 0 Å². The van der Waals surface area contributed by atoms with E-state index in [2.05, 4.69) is 16.9 Å². The van der Waals surface area contributed by atoms with E-state index in [4.69, 9.17) is 9.47 Å². The number of carbonyl (C=O) groups excluding carboxylic acids is 1. The Morgan fingerprint density at radius 1 is 0.857 bits per heavy atom. The second kappa shape index (κ2) is 9.60. The van der Waals surface area contributed by atoms with Gasteiger partial charge in [-0.1, -0.05) is 48.5 Å². The summed E-state index contributed by atoms with van der Waals surface area (Å²) >= 11 is 0. The fraction of sp³-hybridized carbons (Fsp3) is 0.208. The minimum absolute atomic E-state index is 0.199. The monoisotopic (exact) mass is 376 g/mol. The molecule has 0 saturated heterocycles. The number of rotatable bonds is 8. The molecule has 0 amide bonds. The van der Waals surface area contributed by atoms with Crippen molar-refractivity contribution < 1.29 is 19.0 Å². The van der Waals surface area contributed by atoms with Gasteiger partial charge in [0.2, 0.25) is 0 Å². The van der Waals surface area contributed by atoms with E-state index < -0.39 is 0 Å². The van der Waals surface area contributed by atoms with Crippen molar-refractivity contribution in [3.8, 4) is 22.6 Å². The average Bonchev–Trinajstić information content (AvgIpc) is 2.76. The van der Waals surface area contributed by atoms with Gasteiger partial charge in [-0.25, -0.2) is 0 Å². The maximum Gasteiger partial charge on any atom is 0.305 e. The predicted molar refractivity (Wildman–Crippen MR) is 110 cm³/mol. The summed E-state index contributed by atoms with van der Waals surface area (Å²) in [7, 11) is 3.09. The van der Waals surface area contributed by atoms with Gasteiger partial charge >= 0.3 is 5.97 Å². The molecule has 0 aromatic heterocycles. The molecule has 3 rings (SSSR count). The van der Waals surface area contributed by atoms with Gasteiger partial charge in [0.25, 0.3) is 0 Å². The first-order chi connectivity index (χ1) is 13.7. The molecule has 0 N–H and O–H groups in total. The number of methoxy groups -OCH3 is 2. The van der Waals surface area contributed by atoms with E-state index in [-0.39, 0.29) is 5.97 Å². The summed E-state index contributed by atoms with van der Waals surface area (Å²) in [4.78, 5) is 11.2. The third-order valence-corrected chi connectivity index (χ3v) is 4.52. The van der Waals surface area contributed by atoms with Gasteiger partial charge in [-0.15, -0.1) is 0 Å². The number of ether oxygens (including phenoxy) is 3. The zero-order valence-corrected chi connectivity index (χ0v) is 16.2. The lowest BCUT2D eigenvalue weighted by Crippen LogP contribution is -2.02. The Kier molecular flexibility index (Phi) is 6.68. The number of carbonyl (C=O) groups is 1. The average molecular weight is 376 g/mol. The third kappa shape index (κ3) is 5.13. The third-order valence-electron chi connectivity index (χ3n) is 4.52. The number of para-hydroxylation sites is 1. The molecule has 0 unspecified atom stereocenters. The molecule has 0 spiro atoms. The van der Waals surface area contributed by atoms with Crippen LogP contribution in [0.15, 0.2) is 72.8 Å². The van der Waals surface area contributed by atoms with E-state index in [0.717, 1.165) is 33.8 Å². The number of hydrogen-bond donors (Lipinski definition) is 0. The first-order valence-electron chi connectivity index (χ1n) is 9.20. The molecule has 0 aliphatic rings. The van der Waals surface area contributed by atoms with Gasteiger partial charge < -0.3 is 14.2 Å². The molecule has 0 fully saturated rings. The molecule has 3 aromatic rings. The first-order valence-corrected chi connectivity index (χ1v) is 9.20. The molecule has 144 valence electrons. The van der Waals surface area contributed by atoms with Crippen molar-refractivity contribution in [3.05, 3.63) is 83.9 Å². The molecule has 0 atom stereocenters. The van der Waals surface area contributed by atoms with E-state index in [1.165, 1.54) is 7.11 Å². The van der Waals surface area contributed by atoms with Crippen LogP contribution in [-0.2, 0) is 22.6 Å². The second-order valence-corrected chi connectivity index (χ2v) is 6.41. The van der Waals surface area contributed by atoms with E-state index in [1.807, 2.05) is 60.7 Å². The lowest BCUT2D eigenvalue weighted by atomic mass is 10.0. The van der Waals surface area contributed by atoms with Crippen molar-refractivity contribution in [1.29, 1.82) is 0 Å².